The maximum absolute atomic E-state index is 9.60. The van der Waals surface area contributed by atoms with E-state index in [0.29, 0.717) is 0 Å². The van der Waals surface area contributed by atoms with Crippen molar-refractivity contribution in [3.05, 3.63) is 24.8 Å². The predicted molar refractivity (Wildman–Crippen MR) is 50.5 cm³/mol. The first kappa shape index (κ1) is 14.4. The van der Waals surface area contributed by atoms with Crippen molar-refractivity contribution >= 4 is 5.97 Å². The molecule has 76 valence electrons. The Morgan fingerprint density at radius 1 is 1.46 bits per heavy atom. The van der Waals surface area contributed by atoms with E-state index < -0.39 is 5.97 Å². The molecule has 0 aliphatic carbocycles. The first-order valence-corrected chi connectivity index (χ1v) is 3.56. The van der Waals surface area contributed by atoms with E-state index in [4.69, 9.17) is 14.6 Å². The van der Waals surface area contributed by atoms with Crippen LogP contribution in [0.4, 0.5) is 0 Å². The Kier molecular flexibility index (Phi) is 9.93. The SMILES string of the molecule is C=C(C)C(=O)O.C=CC(OC)OC. The second-order valence-corrected chi connectivity index (χ2v) is 2.16. The number of carbonyl (C=O) groups is 1. The van der Waals surface area contributed by atoms with Gasteiger partial charge in [0.1, 0.15) is 0 Å². The lowest BCUT2D eigenvalue weighted by Crippen LogP contribution is -2.07. The molecule has 0 saturated carbocycles. The number of methoxy groups -OCH3 is 2. The van der Waals surface area contributed by atoms with Crippen molar-refractivity contribution < 1.29 is 19.4 Å². The summed E-state index contributed by atoms with van der Waals surface area (Å²) in [6.45, 7) is 8.05. The molecule has 0 amide bonds. The van der Waals surface area contributed by atoms with E-state index in [1.165, 1.54) is 6.92 Å². The maximum Gasteiger partial charge on any atom is 0.330 e. The molecule has 0 rings (SSSR count). The minimum atomic E-state index is -0.935. The Hall–Kier alpha value is -1.13. The molecular formula is C9H16O4. The molecule has 0 aliphatic heterocycles. The Labute approximate surface area is 78.5 Å². The molecule has 0 fully saturated rings. The van der Waals surface area contributed by atoms with Crippen LogP contribution >= 0.6 is 0 Å². The van der Waals surface area contributed by atoms with Gasteiger partial charge in [-0.05, 0) is 13.0 Å². The van der Waals surface area contributed by atoms with Gasteiger partial charge >= 0.3 is 5.97 Å². The topological polar surface area (TPSA) is 55.8 Å². The van der Waals surface area contributed by atoms with Gasteiger partial charge in [-0.1, -0.05) is 13.2 Å². The van der Waals surface area contributed by atoms with Crippen LogP contribution < -0.4 is 0 Å². The number of carboxylic acid groups (broad SMARTS) is 1. The van der Waals surface area contributed by atoms with Crippen LogP contribution in [0.2, 0.25) is 0 Å². The minimum Gasteiger partial charge on any atom is -0.478 e. The van der Waals surface area contributed by atoms with Crippen molar-refractivity contribution in [3.63, 3.8) is 0 Å². The largest absolute Gasteiger partial charge is 0.478 e. The van der Waals surface area contributed by atoms with Gasteiger partial charge < -0.3 is 14.6 Å². The van der Waals surface area contributed by atoms with Crippen LogP contribution in [0.15, 0.2) is 24.8 Å². The van der Waals surface area contributed by atoms with E-state index in [1.54, 1.807) is 20.3 Å². The van der Waals surface area contributed by atoms with Crippen molar-refractivity contribution in [3.8, 4) is 0 Å². The summed E-state index contributed by atoms with van der Waals surface area (Å²) in [5.74, 6) is -0.935. The molecule has 0 spiro atoms. The lowest BCUT2D eigenvalue weighted by atomic mass is 10.4. The summed E-state index contributed by atoms with van der Waals surface area (Å²) in [6.07, 6.45) is 1.33. The number of aliphatic carboxylic acids is 1. The van der Waals surface area contributed by atoms with Crippen LogP contribution in [-0.2, 0) is 14.3 Å². The van der Waals surface area contributed by atoms with Crippen molar-refractivity contribution in [2.75, 3.05) is 14.2 Å². The molecule has 0 aromatic carbocycles. The van der Waals surface area contributed by atoms with E-state index in [1.807, 2.05) is 0 Å². The summed E-state index contributed by atoms with van der Waals surface area (Å²) >= 11 is 0. The highest BCUT2D eigenvalue weighted by Crippen LogP contribution is 1.87. The summed E-state index contributed by atoms with van der Waals surface area (Å²) in [4.78, 5) is 9.60. The van der Waals surface area contributed by atoms with E-state index in [2.05, 4.69) is 13.2 Å². The van der Waals surface area contributed by atoms with Crippen LogP contribution in [0.25, 0.3) is 0 Å². The molecular weight excluding hydrogens is 172 g/mol. The molecule has 0 radical (unpaired) electrons. The first-order valence-electron chi connectivity index (χ1n) is 3.56. The minimum absolute atomic E-state index is 0.176. The summed E-state index contributed by atoms with van der Waals surface area (Å²) in [6, 6.07) is 0. The van der Waals surface area contributed by atoms with E-state index >= 15 is 0 Å². The molecule has 1 N–H and O–H groups in total. The predicted octanol–water partition coefficient (Wildman–Crippen LogP) is 1.44. The van der Waals surface area contributed by atoms with Gasteiger partial charge in [-0.3, -0.25) is 0 Å². The van der Waals surface area contributed by atoms with E-state index in [9.17, 15) is 4.79 Å². The number of ether oxygens (including phenoxy) is 2. The summed E-state index contributed by atoms with van der Waals surface area (Å²) in [7, 11) is 3.13. The monoisotopic (exact) mass is 188 g/mol. The Morgan fingerprint density at radius 2 is 1.77 bits per heavy atom. The summed E-state index contributed by atoms with van der Waals surface area (Å²) in [5.41, 5.74) is 0.176. The Bertz CT molecular complexity index is 158. The highest BCUT2D eigenvalue weighted by molar-refractivity contribution is 5.84. The average Bonchev–Trinajstić information content (AvgIpc) is 2.08. The molecule has 0 aromatic heterocycles. The summed E-state index contributed by atoms with van der Waals surface area (Å²) in [5, 5.41) is 7.89. The normalized spacial score (nSPS) is 8.62. The van der Waals surface area contributed by atoms with Gasteiger partial charge in [-0.25, -0.2) is 4.79 Å². The molecule has 4 nitrogen and oxygen atoms in total. The number of carboxylic acids is 1. The van der Waals surface area contributed by atoms with Gasteiger partial charge in [-0.2, -0.15) is 0 Å². The highest BCUT2D eigenvalue weighted by atomic mass is 16.7. The Morgan fingerprint density at radius 3 is 1.77 bits per heavy atom. The second-order valence-electron chi connectivity index (χ2n) is 2.16. The zero-order valence-electron chi connectivity index (χ0n) is 8.24. The molecule has 0 unspecified atom stereocenters. The molecule has 0 heterocycles. The van der Waals surface area contributed by atoms with E-state index in [0.717, 1.165) is 0 Å². The third kappa shape index (κ3) is 10.9. The van der Waals surface area contributed by atoms with Crippen LogP contribution in [0.3, 0.4) is 0 Å². The first-order chi connectivity index (χ1) is 5.99. The standard InChI is InChI=1S/C5H10O2.C4H6O2/c1-4-5(6-2)7-3;1-3(2)4(5)6/h4-5H,1H2,2-3H3;1H2,2H3,(H,5,6). The number of rotatable bonds is 4. The third-order valence-corrected chi connectivity index (χ3v) is 1.02. The van der Waals surface area contributed by atoms with Crippen LogP contribution in [0.5, 0.6) is 0 Å². The van der Waals surface area contributed by atoms with Gasteiger partial charge in [0.25, 0.3) is 0 Å². The van der Waals surface area contributed by atoms with Crippen LogP contribution in [0.1, 0.15) is 6.92 Å². The third-order valence-electron chi connectivity index (χ3n) is 1.02. The fourth-order valence-electron chi connectivity index (χ4n) is 0.289. The quantitative estimate of drug-likeness (QED) is 0.412. The van der Waals surface area contributed by atoms with E-state index in [-0.39, 0.29) is 11.9 Å². The molecule has 13 heavy (non-hydrogen) atoms. The fourth-order valence-corrected chi connectivity index (χ4v) is 0.289. The average molecular weight is 188 g/mol. The van der Waals surface area contributed by atoms with Crippen molar-refractivity contribution in [1.29, 1.82) is 0 Å². The molecule has 0 atom stereocenters. The summed E-state index contributed by atoms with van der Waals surface area (Å²) < 4.78 is 9.42. The lowest BCUT2D eigenvalue weighted by Gasteiger charge is -2.04. The fraction of sp³-hybridized carbons (Fsp3) is 0.444. The molecule has 0 aromatic rings. The lowest BCUT2D eigenvalue weighted by molar-refractivity contribution is -0.132. The second kappa shape index (κ2) is 8.96. The van der Waals surface area contributed by atoms with Gasteiger partial charge in [0.05, 0.1) is 0 Å². The van der Waals surface area contributed by atoms with Gasteiger partial charge in [-0.15, -0.1) is 0 Å². The smallest absolute Gasteiger partial charge is 0.330 e. The van der Waals surface area contributed by atoms with Gasteiger partial charge in [0, 0.05) is 19.8 Å². The van der Waals surface area contributed by atoms with Crippen LogP contribution in [-0.4, -0.2) is 31.6 Å². The highest BCUT2D eigenvalue weighted by Gasteiger charge is 1.92. The van der Waals surface area contributed by atoms with Crippen molar-refractivity contribution in [2.45, 2.75) is 13.2 Å². The van der Waals surface area contributed by atoms with Crippen molar-refractivity contribution in [1.82, 2.24) is 0 Å². The molecule has 4 heteroatoms. The Balaban J connectivity index is 0. The number of hydrogen-bond donors (Lipinski definition) is 1. The zero-order chi connectivity index (χ0) is 10.9. The maximum atomic E-state index is 9.60. The van der Waals surface area contributed by atoms with Gasteiger partial charge in [0.15, 0.2) is 6.29 Å². The molecule has 0 saturated heterocycles. The number of hydrogen-bond acceptors (Lipinski definition) is 3. The van der Waals surface area contributed by atoms with Crippen LogP contribution in [0, 0.1) is 0 Å². The molecule has 0 aliphatic rings. The molecule has 0 bridgehead atoms. The van der Waals surface area contributed by atoms with Gasteiger partial charge in [0.2, 0.25) is 0 Å². The zero-order valence-corrected chi connectivity index (χ0v) is 8.24. The van der Waals surface area contributed by atoms with Crippen molar-refractivity contribution in [2.24, 2.45) is 0 Å².